The quantitative estimate of drug-likeness (QED) is 0.844. The van der Waals surface area contributed by atoms with Crippen molar-refractivity contribution in [2.75, 3.05) is 0 Å². The van der Waals surface area contributed by atoms with Gasteiger partial charge in [-0.05, 0) is 45.8 Å². The molecule has 0 amide bonds. The Morgan fingerprint density at radius 3 is 2.42 bits per heavy atom. The van der Waals surface area contributed by atoms with Crippen molar-refractivity contribution in [3.63, 3.8) is 0 Å². The second kappa shape index (κ2) is 6.17. The Balaban J connectivity index is 2.17. The largest absolute Gasteiger partial charge is 0.241 e. The monoisotopic (exact) mass is 403 g/mol. The Hall–Kier alpha value is -0.690. The fourth-order valence-corrected chi connectivity index (χ4v) is 4.03. The third kappa shape index (κ3) is 3.89. The molecule has 0 radical (unpaired) electrons. The Labute approximate surface area is 129 Å². The van der Waals surface area contributed by atoms with Crippen LogP contribution in [0.15, 0.2) is 62.4 Å². The van der Waals surface area contributed by atoms with Crippen molar-refractivity contribution in [1.82, 2.24) is 4.72 Å². The van der Waals surface area contributed by atoms with Crippen molar-refractivity contribution < 1.29 is 8.42 Å². The molecule has 1 N–H and O–H groups in total. The lowest BCUT2D eigenvalue weighted by Crippen LogP contribution is -2.23. The fraction of sp³-hybridized carbons (Fsp3) is 0.0769. The van der Waals surface area contributed by atoms with Crippen LogP contribution in [0.3, 0.4) is 0 Å². The molecule has 0 saturated carbocycles. The molecule has 0 bridgehead atoms. The fourth-order valence-electron chi connectivity index (χ4n) is 1.57. The summed E-state index contributed by atoms with van der Waals surface area (Å²) in [5, 5.41) is 0. The first kappa shape index (κ1) is 14.7. The van der Waals surface area contributed by atoms with E-state index >= 15 is 0 Å². The van der Waals surface area contributed by atoms with E-state index in [1.54, 1.807) is 24.3 Å². The maximum Gasteiger partial charge on any atom is 0.241 e. The molecule has 6 heteroatoms. The SMILES string of the molecule is O=S(=O)(NCc1cccc(Br)c1)c1ccccc1Br. The van der Waals surface area contributed by atoms with Gasteiger partial charge in [0.1, 0.15) is 0 Å². The third-order valence-electron chi connectivity index (χ3n) is 2.48. The van der Waals surface area contributed by atoms with E-state index in [1.807, 2.05) is 24.3 Å². The van der Waals surface area contributed by atoms with Crippen molar-refractivity contribution in [3.05, 3.63) is 63.0 Å². The first-order valence-corrected chi connectivity index (χ1v) is 8.54. The number of halogens is 2. The van der Waals surface area contributed by atoms with Gasteiger partial charge < -0.3 is 0 Å². The Morgan fingerprint density at radius 2 is 1.74 bits per heavy atom. The second-order valence-electron chi connectivity index (χ2n) is 3.88. The zero-order chi connectivity index (χ0) is 13.9. The number of rotatable bonds is 4. The summed E-state index contributed by atoms with van der Waals surface area (Å²) in [7, 11) is -3.51. The van der Waals surface area contributed by atoms with E-state index in [9.17, 15) is 8.42 Å². The molecular formula is C13H11Br2NO2S. The third-order valence-corrected chi connectivity index (χ3v) is 5.39. The van der Waals surface area contributed by atoms with Crippen LogP contribution in [0.5, 0.6) is 0 Å². The molecule has 3 nitrogen and oxygen atoms in total. The molecule has 0 saturated heterocycles. The summed E-state index contributed by atoms with van der Waals surface area (Å²) in [4.78, 5) is 0.241. The molecule has 0 fully saturated rings. The van der Waals surface area contributed by atoms with Crippen LogP contribution >= 0.6 is 31.9 Å². The van der Waals surface area contributed by atoms with Crippen LogP contribution in [0.1, 0.15) is 5.56 Å². The first-order valence-electron chi connectivity index (χ1n) is 5.48. The average Bonchev–Trinajstić information content (AvgIpc) is 2.37. The van der Waals surface area contributed by atoms with Gasteiger partial charge >= 0.3 is 0 Å². The number of hydrogen-bond donors (Lipinski definition) is 1. The Bertz CT molecular complexity index is 687. The van der Waals surface area contributed by atoms with Crippen LogP contribution < -0.4 is 4.72 Å². The first-order chi connectivity index (χ1) is 8.99. The van der Waals surface area contributed by atoms with Gasteiger partial charge in [-0.25, -0.2) is 13.1 Å². The Morgan fingerprint density at radius 1 is 1.00 bits per heavy atom. The smallest absolute Gasteiger partial charge is 0.207 e. The number of hydrogen-bond acceptors (Lipinski definition) is 2. The van der Waals surface area contributed by atoms with Gasteiger partial charge in [0, 0.05) is 15.5 Å². The highest BCUT2D eigenvalue weighted by Gasteiger charge is 2.16. The van der Waals surface area contributed by atoms with Gasteiger partial charge in [-0.3, -0.25) is 0 Å². The van der Waals surface area contributed by atoms with E-state index in [0.29, 0.717) is 4.47 Å². The van der Waals surface area contributed by atoms with Crippen LogP contribution in [0, 0.1) is 0 Å². The number of benzene rings is 2. The molecule has 2 rings (SSSR count). The van der Waals surface area contributed by atoms with Crippen LogP contribution in [0.4, 0.5) is 0 Å². The molecule has 0 aromatic heterocycles. The van der Waals surface area contributed by atoms with Crippen molar-refractivity contribution in [3.8, 4) is 0 Å². The molecular weight excluding hydrogens is 394 g/mol. The lowest BCUT2D eigenvalue weighted by molar-refractivity contribution is 0.581. The number of sulfonamides is 1. The molecule has 0 atom stereocenters. The van der Waals surface area contributed by atoms with Gasteiger partial charge in [0.15, 0.2) is 0 Å². The van der Waals surface area contributed by atoms with Crippen LogP contribution in [-0.4, -0.2) is 8.42 Å². The van der Waals surface area contributed by atoms with Crippen molar-refractivity contribution in [2.24, 2.45) is 0 Å². The molecule has 2 aromatic carbocycles. The summed E-state index contributed by atoms with van der Waals surface area (Å²) < 4.78 is 28.4. The maximum absolute atomic E-state index is 12.2. The molecule has 0 aliphatic carbocycles. The van der Waals surface area contributed by atoms with Gasteiger partial charge in [0.2, 0.25) is 10.0 Å². The summed E-state index contributed by atoms with van der Waals surface area (Å²) in [5.74, 6) is 0. The zero-order valence-electron chi connectivity index (χ0n) is 9.81. The summed E-state index contributed by atoms with van der Waals surface area (Å²) >= 11 is 6.60. The zero-order valence-corrected chi connectivity index (χ0v) is 13.8. The normalized spacial score (nSPS) is 11.5. The molecule has 0 spiro atoms. The standard InChI is InChI=1S/C13H11Br2NO2S/c14-11-5-3-4-10(8-11)9-16-19(17,18)13-7-2-1-6-12(13)15/h1-8,16H,9H2. The summed E-state index contributed by atoms with van der Waals surface area (Å²) in [6.45, 7) is 0.253. The maximum atomic E-state index is 12.2. The van der Waals surface area contributed by atoms with Gasteiger partial charge in [-0.1, -0.05) is 40.2 Å². The second-order valence-corrected chi connectivity index (χ2v) is 7.39. The molecule has 2 aromatic rings. The van der Waals surface area contributed by atoms with E-state index < -0.39 is 10.0 Å². The van der Waals surface area contributed by atoms with Crippen LogP contribution in [0.2, 0.25) is 0 Å². The van der Waals surface area contributed by atoms with E-state index in [-0.39, 0.29) is 11.4 Å². The van der Waals surface area contributed by atoms with E-state index in [1.165, 1.54) is 0 Å². The molecule has 100 valence electrons. The van der Waals surface area contributed by atoms with Crippen LogP contribution in [-0.2, 0) is 16.6 Å². The highest BCUT2D eigenvalue weighted by Crippen LogP contribution is 2.21. The van der Waals surface area contributed by atoms with Crippen molar-refractivity contribution in [2.45, 2.75) is 11.4 Å². The van der Waals surface area contributed by atoms with Crippen molar-refractivity contribution >= 4 is 41.9 Å². The molecule has 0 unspecified atom stereocenters. The predicted molar refractivity (Wildman–Crippen MR) is 82.3 cm³/mol. The van der Waals surface area contributed by atoms with E-state index in [4.69, 9.17) is 0 Å². The highest BCUT2D eigenvalue weighted by atomic mass is 79.9. The minimum absolute atomic E-state index is 0.241. The van der Waals surface area contributed by atoms with Gasteiger partial charge in [-0.2, -0.15) is 0 Å². The van der Waals surface area contributed by atoms with Gasteiger partial charge in [0.05, 0.1) is 4.90 Å². The molecule has 0 aliphatic heterocycles. The lowest BCUT2D eigenvalue weighted by Gasteiger charge is -2.08. The van der Waals surface area contributed by atoms with E-state index in [0.717, 1.165) is 10.0 Å². The summed E-state index contributed by atoms with van der Waals surface area (Å²) in [6.07, 6.45) is 0. The lowest BCUT2D eigenvalue weighted by atomic mass is 10.2. The van der Waals surface area contributed by atoms with Crippen molar-refractivity contribution in [1.29, 1.82) is 0 Å². The van der Waals surface area contributed by atoms with Gasteiger partial charge in [-0.15, -0.1) is 0 Å². The van der Waals surface area contributed by atoms with Crippen LogP contribution in [0.25, 0.3) is 0 Å². The van der Waals surface area contributed by atoms with Gasteiger partial charge in [0.25, 0.3) is 0 Å². The highest BCUT2D eigenvalue weighted by molar-refractivity contribution is 9.10. The molecule has 0 aliphatic rings. The Kier molecular flexibility index (Phi) is 4.78. The van der Waals surface area contributed by atoms with E-state index in [2.05, 4.69) is 36.6 Å². The minimum atomic E-state index is -3.51. The number of nitrogens with one attached hydrogen (secondary N) is 1. The topological polar surface area (TPSA) is 46.2 Å². The molecule has 19 heavy (non-hydrogen) atoms. The average molecular weight is 405 g/mol. The minimum Gasteiger partial charge on any atom is -0.207 e. The predicted octanol–water partition coefficient (Wildman–Crippen LogP) is 3.69. The summed E-state index contributed by atoms with van der Waals surface area (Å²) in [5.41, 5.74) is 0.894. The molecule has 0 heterocycles. The summed E-state index contributed by atoms with van der Waals surface area (Å²) in [6, 6.07) is 14.2.